The summed E-state index contributed by atoms with van der Waals surface area (Å²) in [6.45, 7) is 2.67. The minimum absolute atomic E-state index is 0.0363. The average Bonchev–Trinajstić information content (AvgIpc) is 2.42. The van der Waals surface area contributed by atoms with Crippen LogP contribution in [0.3, 0.4) is 0 Å². The van der Waals surface area contributed by atoms with Crippen LogP contribution in [0.1, 0.15) is 19.8 Å². The van der Waals surface area contributed by atoms with Crippen molar-refractivity contribution in [2.45, 2.75) is 24.7 Å². The molecule has 20 heavy (non-hydrogen) atoms. The van der Waals surface area contributed by atoms with Gasteiger partial charge in [-0.1, -0.05) is 6.92 Å². The summed E-state index contributed by atoms with van der Waals surface area (Å²) in [5.74, 6) is -0.861. The van der Waals surface area contributed by atoms with Crippen LogP contribution in [0.25, 0.3) is 0 Å². The highest BCUT2D eigenvalue weighted by atomic mass is 32.2. The number of hydrogen-bond donors (Lipinski definition) is 2. The lowest BCUT2D eigenvalue weighted by atomic mass is 10.3. The highest BCUT2D eigenvalue weighted by Crippen LogP contribution is 2.17. The zero-order valence-electron chi connectivity index (χ0n) is 11.7. The maximum atomic E-state index is 11.9. The van der Waals surface area contributed by atoms with Crippen molar-refractivity contribution in [3.8, 4) is 0 Å². The SMILES string of the molecule is CCCNS(=O)(=O)c1ccc(N(C)CCC(=O)O)cc1. The summed E-state index contributed by atoms with van der Waals surface area (Å²) in [6.07, 6.45) is 0.768. The molecule has 0 aliphatic rings. The highest BCUT2D eigenvalue weighted by molar-refractivity contribution is 7.89. The van der Waals surface area contributed by atoms with Crippen molar-refractivity contribution >= 4 is 21.7 Å². The Morgan fingerprint density at radius 1 is 1.30 bits per heavy atom. The van der Waals surface area contributed by atoms with Gasteiger partial charge in [-0.2, -0.15) is 0 Å². The van der Waals surface area contributed by atoms with E-state index in [1.165, 1.54) is 12.1 Å². The zero-order valence-corrected chi connectivity index (χ0v) is 12.5. The lowest BCUT2D eigenvalue weighted by Crippen LogP contribution is -2.24. The van der Waals surface area contributed by atoms with Gasteiger partial charge in [0.2, 0.25) is 10.0 Å². The molecule has 0 unspecified atom stereocenters. The van der Waals surface area contributed by atoms with Crippen molar-refractivity contribution in [3.63, 3.8) is 0 Å². The second kappa shape index (κ2) is 7.25. The summed E-state index contributed by atoms with van der Waals surface area (Å²) < 4.78 is 26.3. The maximum absolute atomic E-state index is 11.9. The Kier molecular flexibility index (Phi) is 5.97. The number of nitrogens with zero attached hydrogens (tertiary/aromatic N) is 1. The number of nitrogens with one attached hydrogen (secondary N) is 1. The van der Waals surface area contributed by atoms with Gasteiger partial charge in [-0.25, -0.2) is 13.1 Å². The fourth-order valence-corrected chi connectivity index (χ4v) is 2.73. The summed E-state index contributed by atoms with van der Waals surface area (Å²) in [5, 5.41) is 8.63. The van der Waals surface area contributed by atoms with Crippen LogP contribution in [0.15, 0.2) is 29.2 Å². The van der Waals surface area contributed by atoms with Crippen LogP contribution in [0.5, 0.6) is 0 Å². The molecule has 0 aliphatic heterocycles. The van der Waals surface area contributed by atoms with Gasteiger partial charge in [0.05, 0.1) is 11.3 Å². The number of carboxylic acid groups (broad SMARTS) is 1. The molecule has 7 heteroatoms. The third-order valence-corrected chi connectivity index (χ3v) is 4.27. The number of sulfonamides is 1. The van der Waals surface area contributed by atoms with Crippen molar-refractivity contribution in [3.05, 3.63) is 24.3 Å². The van der Waals surface area contributed by atoms with Crippen LogP contribution in [0.2, 0.25) is 0 Å². The Balaban J connectivity index is 2.75. The standard InChI is InChI=1S/C13H20N2O4S/c1-3-9-14-20(18,19)12-6-4-11(5-7-12)15(2)10-8-13(16)17/h4-7,14H,3,8-10H2,1-2H3,(H,16,17). The summed E-state index contributed by atoms with van der Waals surface area (Å²) >= 11 is 0. The van der Waals surface area contributed by atoms with Crippen LogP contribution in [0, 0.1) is 0 Å². The summed E-state index contributed by atoms with van der Waals surface area (Å²) in [6, 6.07) is 6.37. The van der Waals surface area contributed by atoms with Crippen molar-refractivity contribution in [1.29, 1.82) is 0 Å². The van der Waals surface area contributed by atoms with E-state index in [0.717, 1.165) is 12.1 Å². The second-order valence-corrected chi connectivity index (χ2v) is 6.22. The van der Waals surface area contributed by atoms with Crippen LogP contribution in [0.4, 0.5) is 5.69 Å². The number of benzene rings is 1. The van der Waals surface area contributed by atoms with Gasteiger partial charge < -0.3 is 10.0 Å². The molecule has 0 radical (unpaired) electrons. The van der Waals surface area contributed by atoms with Gasteiger partial charge in [-0.15, -0.1) is 0 Å². The Morgan fingerprint density at radius 3 is 2.40 bits per heavy atom. The van der Waals surface area contributed by atoms with E-state index in [0.29, 0.717) is 13.1 Å². The smallest absolute Gasteiger partial charge is 0.305 e. The molecular formula is C13H20N2O4S. The molecule has 0 amide bonds. The molecule has 1 aromatic carbocycles. The van der Waals surface area contributed by atoms with Gasteiger partial charge in [0.25, 0.3) is 0 Å². The molecule has 1 rings (SSSR count). The molecule has 0 heterocycles. The van der Waals surface area contributed by atoms with Crippen molar-refractivity contribution < 1.29 is 18.3 Å². The Hall–Kier alpha value is -1.60. The fraction of sp³-hybridized carbons (Fsp3) is 0.462. The van der Waals surface area contributed by atoms with E-state index in [9.17, 15) is 13.2 Å². The van der Waals surface area contributed by atoms with E-state index in [2.05, 4.69) is 4.72 Å². The number of carbonyl (C=O) groups is 1. The van der Waals surface area contributed by atoms with Gasteiger partial charge >= 0.3 is 5.97 Å². The van der Waals surface area contributed by atoms with Crippen molar-refractivity contribution in [1.82, 2.24) is 4.72 Å². The molecule has 0 saturated heterocycles. The van der Waals surface area contributed by atoms with Gasteiger partial charge in [-0.3, -0.25) is 4.79 Å². The lowest BCUT2D eigenvalue weighted by molar-refractivity contribution is -0.136. The Bertz CT molecular complexity index is 540. The summed E-state index contributed by atoms with van der Waals surface area (Å²) in [4.78, 5) is 12.5. The van der Waals surface area contributed by atoms with E-state index in [4.69, 9.17) is 5.11 Å². The predicted octanol–water partition coefficient (Wildman–Crippen LogP) is 1.29. The number of rotatable bonds is 8. The zero-order chi connectivity index (χ0) is 15.2. The number of hydrogen-bond acceptors (Lipinski definition) is 4. The van der Waals surface area contributed by atoms with Crippen LogP contribution in [-0.4, -0.2) is 39.6 Å². The molecule has 0 spiro atoms. The van der Waals surface area contributed by atoms with Crippen LogP contribution < -0.4 is 9.62 Å². The second-order valence-electron chi connectivity index (χ2n) is 4.46. The first-order valence-electron chi connectivity index (χ1n) is 6.39. The van der Waals surface area contributed by atoms with Crippen LogP contribution >= 0.6 is 0 Å². The van der Waals surface area contributed by atoms with Gasteiger partial charge in [0, 0.05) is 25.8 Å². The number of aliphatic carboxylic acids is 1. The maximum Gasteiger partial charge on any atom is 0.305 e. The normalized spacial score (nSPS) is 11.3. The molecule has 0 aromatic heterocycles. The van der Waals surface area contributed by atoms with E-state index in [1.807, 2.05) is 6.92 Å². The first kappa shape index (κ1) is 16.5. The van der Waals surface area contributed by atoms with E-state index < -0.39 is 16.0 Å². The van der Waals surface area contributed by atoms with Gasteiger partial charge in [-0.05, 0) is 30.7 Å². The van der Waals surface area contributed by atoms with Gasteiger partial charge in [0.15, 0.2) is 0 Å². The largest absolute Gasteiger partial charge is 0.481 e. The predicted molar refractivity (Wildman–Crippen MR) is 77.4 cm³/mol. The third kappa shape index (κ3) is 4.82. The summed E-state index contributed by atoms with van der Waals surface area (Å²) in [7, 11) is -1.69. The molecule has 2 N–H and O–H groups in total. The minimum atomic E-state index is -3.45. The van der Waals surface area contributed by atoms with E-state index >= 15 is 0 Å². The van der Waals surface area contributed by atoms with Crippen molar-refractivity contribution in [2.75, 3.05) is 25.0 Å². The molecule has 0 aliphatic carbocycles. The summed E-state index contributed by atoms with van der Waals surface area (Å²) in [5.41, 5.74) is 0.778. The Labute approximate surface area is 119 Å². The molecule has 0 saturated carbocycles. The molecular weight excluding hydrogens is 280 g/mol. The molecule has 6 nitrogen and oxygen atoms in total. The first-order valence-corrected chi connectivity index (χ1v) is 7.88. The molecule has 0 atom stereocenters. The average molecular weight is 300 g/mol. The first-order chi connectivity index (χ1) is 9.36. The number of anilines is 1. The Morgan fingerprint density at radius 2 is 1.90 bits per heavy atom. The quantitative estimate of drug-likeness (QED) is 0.755. The van der Waals surface area contributed by atoms with Gasteiger partial charge in [0.1, 0.15) is 0 Å². The number of carboxylic acids is 1. The van der Waals surface area contributed by atoms with Crippen LogP contribution in [-0.2, 0) is 14.8 Å². The topological polar surface area (TPSA) is 86.7 Å². The molecule has 0 fully saturated rings. The van der Waals surface area contributed by atoms with E-state index in [1.54, 1.807) is 24.1 Å². The molecule has 1 aromatic rings. The highest BCUT2D eigenvalue weighted by Gasteiger charge is 2.13. The monoisotopic (exact) mass is 300 g/mol. The van der Waals surface area contributed by atoms with E-state index in [-0.39, 0.29) is 11.3 Å². The molecule has 0 bridgehead atoms. The molecule has 112 valence electrons. The lowest BCUT2D eigenvalue weighted by Gasteiger charge is -2.18. The minimum Gasteiger partial charge on any atom is -0.481 e. The third-order valence-electron chi connectivity index (χ3n) is 2.79. The fourth-order valence-electron chi connectivity index (χ4n) is 1.59. The van der Waals surface area contributed by atoms with Crippen molar-refractivity contribution in [2.24, 2.45) is 0 Å².